The molecule has 3 rings (SSSR count). The molecule has 4 atom stereocenters. The Morgan fingerprint density at radius 1 is 1.41 bits per heavy atom. The highest BCUT2D eigenvalue weighted by molar-refractivity contribution is 9.10. The largest absolute Gasteiger partial charge is 0.395 e. The molecule has 1 aromatic heterocycles. The van der Waals surface area contributed by atoms with E-state index in [1.54, 1.807) is 6.07 Å². The Kier molecular flexibility index (Phi) is 4.11. The Morgan fingerprint density at radius 2 is 2.09 bits per heavy atom. The second-order valence-electron chi connectivity index (χ2n) is 5.33. The second kappa shape index (κ2) is 5.65. The minimum absolute atomic E-state index is 0.0322. The summed E-state index contributed by atoms with van der Waals surface area (Å²) in [5.74, 6) is -3.78. The topological polar surface area (TPSA) is 51.2 Å². The normalized spacial score (nSPS) is 30.6. The third kappa shape index (κ3) is 2.72. The summed E-state index contributed by atoms with van der Waals surface area (Å²) < 4.78 is 45.4. The van der Waals surface area contributed by atoms with E-state index >= 15 is 0 Å². The number of hydrogen-bond donors (Lipinski definition) is 1. The van der Waals surface area contributed by atoms with Crippen molar-refractivity contribution in [3.63, 3.8) is 0 Å². The number of aromatic nitrogens is 1. The van der Waals surface area contributed by atoms with Gasteiger partial charge >= 0.3 is 6.18 Å². The van der Waals surface area contributed by atoms with Crippen molar-refractivity contribution in [1.29, 1.82) is 0 Å². The fraction of sp³-hybridized carbons (Fsp3) is 0.538. The molecule has 120 valence electrons. The van der Waals surface area contributed by atoms with E-state index in [9.17, 15) is 18.0 Å². The van der Waals surface area contributed by atoms with Crippen molar-refractivity contribution in [2.45, 2.75) is 31.2 Å². The smallest absolute Gasteiger partial charge is 0.373 e. The van der Waals surface area contributed by atoms with Crippen molar-refractivity contribution in [3.8, 4) is 0 Å². The van der Waals surface area contributed by atoms with Gasteiger partial charge in [0.2, 0.25) is 5.91 Å². The summed E-state index contributed by atoms with van der Waals surface area (Å²) >= 11 is 9.14. The van der Waals surface area contributed by atoms with E-state index < -0.39 is 36.1 Å². The predicted octanol–water partition coefficient (Wildman–Crippen LogP) is 3.79. The van der Waals surface area contributed by atoms with E-state index in [1.165, 1.54) is 6.20 Å². The van der Waals surface area contributed by atoms with Crippen LogP contribution in [0.5, 0.6) is 0 Å². The average Bonchev–Trinajstić information content (AvgIpc) is 3.03. The van der Waals surface area contributed by atoms with Crippen LogP contribution in [-0.2, 0) is 9.53 Å². The Labute approximate surface area is 137 Å². The highest BCUT2D eigenvalue weighted by Gasteiger charge is 2.62. The van der Waals surface area contributed by atoms with Gasteiger partial charge in [0.05, 0.1) is 29.1 Å². The van der Waals surface area contributed by atoms with E-state index in [0.29, 0.717) is 17.3 Å². The minimum atomic E-state index is -4.48. The third-order valence-electron chi connectivity index (χ3n) is 4.04. The number of carbonyl (C=O) groups excluding carboxylic acids is 1. The van der Waals surface area contributed by atoms with Gasteiger partial charge in [-0.1, -0.05) is 11.6 Å². The highest BCUT2D eigenvalue weighted by Crippen LogP contribution is 2.50. The molecule has 4 unspecified atom stereocenters. The zero-order valence-electron chi connectivity index (χ0n) is 11.0. The Balaban J connectivity index is 1.83. The van der Waals surface area contributed by atoms with Crippen molar-refractivity contribution in [3.05, 3.63) is 21.8 Å². The minimum Gasteiger partial charge on any atom is -0.373 e. The molecule has 2 fully saturated rings. The van der Waals surface area contributed by atoms with Crippen LogP contribution in [0.1, 0.15) is 12.8 Å². The molecule has 2 saturated heterocycles. The second-order valence-corrected chi connectivity index (χ2v) is 6.56. The molecule has 1 N–H and O–H groups in total. The van der Waals surface area contributed by atoms with E-state index in [0.717, 1.165) is 0 Å². The molecule has 3 heterocycles. The summed E-state index contributed by atoms with van der Waals surface area (Å²) in [6.45, 7) is 0. The molecular formula is C13H11BrClF3N2O2. The molecule has 22 heavy (non-hydrogen) atoms. The number of nitrogens with one attached hydrogen (secondary N) is 1. The number of ether oxygens (including phenoxy) is 1. The summed E-state index contributed by atoms with van der Waals surface area (Å²) in [7, 11) is 0. The molecule has 4 nitrogen and oxygen atoms in total. The molecule has 2 bridgehead atoms. The number of carbonyl (C=O) groups is 1. The van der Waals surface area contributed by atoms with Gasteiger partial charge in [0, 0.05) is 10.7 Å². The van der Waals surface area contributed by atoms with Crippen LogP contribution in [0.4, 0.5) is 19.0 Å². The number of amides is 1. The van der Waals surface area contributed by atoms with Crippen molar-refractivity contribution in [2.24, 2.45) is 11.8 Å². The quantitative estimate of drug-likeness (QED) is 0.823. The third-order valence-corrected chi connectivity index (χ3v) is 5.31. The van der Waals surface area contributed by atoms with Gasteiger partial charge in [0.15, 0.2) is 5.82 Å². The summed E-state index contributed by atoms with van der Waals surface area (Å²) in [4.78, 5) is 16.2. The standard InChI is InChI=1S/C13H11BrClF3N2O2/c14-5-3-4-19-11(10(5)15)20-12(21)8-6-1-2-7(22-6)9(8)13(16,17)18/h3-4,6-9H,1-2H2,(H,19,20,21). The Morgan fingerprint density at radius 3 is 2.77 bits per heavy atom. The number of alkyl halides is 3. The van der Waals surface area contributed by atoms with Crippen LogP contribution >= 0.6 is 27.5 Å². The van der Waals surface area contributed by atoms with E-state index in [1.807, 2.05) is 0 Å². The number of halogens is 5. The van der Waals surface area contributed by atoms with Crippen molar-refractivity contribution < 1.29 is 22.7 Å². The first-order valence-electron chi connectivity index (χ1n) is 6.62. The van der Waals surface area contributed by atoms with Gasteiger partial charge in [-0.3, -0.25) is 4.79 Å². The van der Waals surface area contributed by atoms with Gasteiger partial charge in [-0.15, -0.1) is 0 Å². The SMILES string of the molecule is O=C(Nc1nccc(Br)c1Cl)C1C2CCC(O2)C1C(F)(F)F. The zero-order valence-corrected chi connectivity index (χ0v) is 13.4. The van der Waals surface area contributed by atoms with Gasteiger partial charge in [-0.25, -0.2) is 4.98 Å². The molecule has 9 heteroatoms. The molecule has 1 amide bonds. The summed E-state index contributed by atoms with van der Waals surface area (Å²) in [5.41, 5.74) is 0. The number of pyridine rings is 1. The average molecular weight is 400 g/mol. The first-order chi connectivity index (χ1) is 10.3. The Bertz CT molecular complexity index is 613. The van der Waals surface area contributed by atoms with Crippen LogP contribution in [0.2, 0.25) is 5.02 Å². The van der Waals surface area contributed by atoms with E-state index in [4.69, 9.17) is 16.3 Å². The fourth-order valence-electron chi connectivity index (χ4n) is 3.13. The van der Waals surface area contributed by atoms with Crippen LogP contribution in [0.25, 0.3) is 0 Å². The lowest BCUT2D eigenvalue weighted by Crippen LogP contribution is -2.44. The van der Waals surface area contributed by atoms with Gasteiger partial charge in [-0.05, 0) is 34.8 Å². The van der Waals surface area contributed by atoms with Crippen LogP contribution in [0, 0.1) is 11.8 Å². The molecular weight excluding hydrogens is 389 g/mol. The van der Waals surface area contributed by atoms with Crippen molar-refractivity contribution in [1.82, 2.24) is 4.98 Å². The van der Waals surface area contributed by atoms with Crippen molar-refractivity contribution >= 4 is 39.3 Å². The lowest BCUT2D eigenvalue weighted by Gasteiger charge is -2.28. The van der Waals surface area contributed by atoms with Crippen LogP contribution in [-0.4, -0.2) is 29.3 Å². The molecule has 2 aliphatic rings. The number of fused-ring (bicyclic) bond motifs is 2. The number of anilines is 1. The van der Waals surface area contributed by atoms with Gasteiger partial charge in [0.25, 0.3) is 0 Å². The fourth-order valence-corrected chi connectivity index (χ4v) is 3.60. The monoisotopic (exact) mass is 398 g/mol. The summed E-state index contributed by atoms with van der Waals surface area (Å²) in [5, 5.41) is 2.53. The lowest BCUT2D eigenvalue weighted by molar-refractivity contribution is -0.196. The van der Waals surface area contributed by atoms with Gasteiger partial charge < -0.3 is 10.1 Å². The maximum atomic E-state index is 13.2. The zero-order chi connectivity index (χ0) is 16.1. The number of hydrogen-bond acceptors (Lipinski definition) is 3. The van der Waals surface area contributed by atoms with Crippen LogP contribution < -0.4 is 5.32 Å². The molecule has 2 aliphatic heterocycles. The number of nitrogens with zero attached hydrogens (tertiary/aromatic N) is 1. The first kappa shape index (κ1) is 16.0. The maximum Gasteiger partial charge on any atom is 0.395 e. The summed E-state index contributed by atoms with van der Waals surface area (Å²) in [6.07, 6.45) is -3.95. The van der Waals surface area contributed by atoms with Crippen molar-refractivity contribution in [2.75, 3.05) is 5.32 Å². The van der Waals surface area contributed by atoms with Crippen LogP contribution in [0.3, 0.4) is 0 Å². The molecule has 0 spiro atoms. The number of rotatable bonds is 2. The molecule has 0 aromatic carbocycles. The first-order valence-corrected chi connectivity index (χ1v) is 7.79. The Hall–Kier alpha value is -0.860. The van der Waals surface area contributed by atoms with Gasteiger partial charge in [-0.2, -0.15) is 13.2 Å². The van der Waals surface area contributed by atoms with E-state index in [-0.39, 0.29) is 10.8 Å². The molecule has 0 saturated carbocycles. The van der Waals surface area contributed by atoms with Gasteiger partial charge in [0.1, 0.15) is 0 Å². The maximum absolute atomic E-state index is 13.2. The molecule has 0 radical (unpaired) electrons. The summed E-state index contributed by atoms with van der Waals surface area (Å²) in [6, 6.07) is 1.57. The predicted molar refractivity (Wildman–Crippen MR) is 76.5 cm³/mol. The highest BCUT2D eigenvalue weighted by atomic mass is 79.9. The molecule has 1 aromatic rings. The lowest BCUT2D eigenvalue weighted by atomic mass is 9.78. The molecule has 0 aliphatic carbocycles. The van der Waals surface area contributed by atoms with Crippen LogP contribution in [0.15, 0.2) is 16.7 Å². The van der Waals surface area contributed by atoms with E-state index in [2.05, 4.69) is 26.2 Å².